The fourth-order valence-corrected chi connectivity index (χ4v) is 3.51. The second-order valence-corrected chi connectivity index (χ2v) is 5.59. The van der Waals surface area contributed by atoms with Crippen LogP contribution in [0.4, 0.5) is 0 Å². The van der Waals surface area contributed by atoms with E-state index in [2.05, 4.69) is 0 Å². The molecule has 0 atom stereocenters. The molecule has 22 heavy (non-hydrogen) atoms. The fourth-order valence-electron chi connectivity index (χ4n) is 3.51. The maximum Gasteiger partial charge on any atom is 0.263 e. The lowest BCUT2D eigenvalue weighted by atomic mass is 10.0. The van der Waals surface area contributed by atoms with Gasteiger partial charge in [0.25, 0.3) is 5.56 Å². The summed E-state index contributed by atoms with van der Waals surface area (Å²) < 4.78 is 1.77. The highest BCUT2D eigenvalue weighted by atomic mass is 16.3. The standard InChI is InChI=1S/C19H11NO2/c21-11-8-9-17-16(10-11)14-7-3-6-13-12-4-1-2-5-15(12)19(22)20(17)18(13)14/h1-10,21H. The molecule has 0 aliphatic rings. The van der Waals surface area contributed by atoms with Gasteiger partial charge >= 0.3 is 0 Å². The van der Waals surface area contributed by atoms with E-state index in [4.69, 9.17) is 0 Å². The average Bonchev–Trinajstić information content (AvgIpc) is 2.88. The van der Waals surface area contributed by atoms with E-state index in [1.165, 1.54) is 0 Å². The van der Waals surface area contributed by atoms with Crippen molar-refractivity contribution in [2.24, 2.45) is 0 Å². The molecule has 0 unspecified atom stereocenters. The molecule has 0 bridgehead atoms. The summed E-state index contributed by atoms with van der Waals surface area (Å²) in [5.74, 6) is 0.209. The molecule has 0 aliphatic heterocycles. The van der Waals surface area contributed by atoms with E-state index in [0.29, 0.717) is 5.39 Å². The van der Waals surface area contributed by atoms with Crippen molar-refractivity contribution in [1.82, 2.24) is 4.40 Å². The lowest BCUT2D eigenvalue weighted by Crippen LogP contribution is -2.12. The predicted molar refractivity (Wildman–Crippen MR) is 89.0 cm³/mol. The Morgan fingerprint density at radius 2 is 1.41 bits per heavy atom. The van der Waals surface area contributed by atoms with Gasteiger partial charge in [-0.3, -0.25) is 9.20 Å². The second kappa shape index (κ2) is 3.77. The molecular formula is C19H11NO2. The maximum atomic E-state index is 13.0. The molecule has 0 saturated carbocycles. The number of nitrogens with zero attached hydrogens (tertiary/aromatic N) is 1. The first-order chi connectivity index (χ1) is 10.8. The third-order valence-corrected chi connectivity index (χ3v) is 4.42. The maximum absolute atomic E-state index is 13.0. The highest BCUT2D eigenvalue weighted by Crippen LogP contribution is 2.35. The first-order valence-electron chi connectivity index (χ1n) is 7.16. The Hall–Kier alpha value is -3.07. The molecule has 3 aromatic carbocycles. The summed E-state index contributed by atoms with van der Waals surface area (Å²) >= 11 is 0. The van der Waals surface area contributed by atoms with E-state index < -0.39 is 0 Å². The number of benzene rings is 3. The van der Waals surface area contributed by atoms with E-state index in [1.807, 2.05) is 42.5 Å². The summed E-state index contributed by atoms with van der Waals surface area (Å²) in [7, 11) is 0. The van der Waals surface area contributed by atoms with Crippen LogP contribution in [0.1, 0.15) is 0 Å². The molecule has 5 aromatic rings. The summed E-state index contributed by atoms with van der Waals surface area (Å²) in [6.07, 6.45) is 0. The van der Waals surface area contributed by atoms with Crippen LogP contribution in [-0.4, -0.2) is 9.51 Å². The van der Waals surface area contributed by atoms with Crippen LogP contribution in [0.15, 0.2) is 65.5 Å². The molecule has 1 N–H and O–H groups in total. The molecule has 0 aliphatic carbocycles. The third kappa shape index (κ3) is 1.24. The highest BCUT2D eigenvalue weighted by Gasteiger charge is 2.16. The molecule has 5 rings (SSSR count). The van der Waals surface area contributed by atoms with Gasteiger partial charge in [-0.25, -0.2) is 0 Å². The largest absolute Gasteiger partial charge is 0.508 e. The lowest BCUT2D eigenvalue weighted by Gasteiger charge is -2.05. The average molecular weight is 285 g/mol. The Morgan fingerprint density at radius 3 is 2.23 bits per heavy atom. The SMILES string of the molecule is O=c1c2ccccc2c2cccc3c4cc(O)ccc4n1c23. The number of aromatic nitrogens is 1. The van der Waals surface area contributed by atoms with Crippen LogP contribution in [0.5, 0.6) is 5.75 Å². The van der Waals surface area contributed by atoms with Crippen molar-refractivity contribution in [2.45, 2.75) is 0 Å². The van der Waals surface area contributed by atoms with E-state index >= 15 is 0 Å². The van der Waals surface area contributed by atoms with Crippen molar-refractivity contribution in [1.29, 1.82) is 0 Å². The number of para-hydroxylation sites is 1. The van der Waals surface area contributed by atoms with Crippen LogP contribution in [-0.2, 0) is 0 Å². The Labute approximate surface area is 125 Å². The molecule has 2 heterocycles. The zero-order valence-corrected chi connectivity index (χ0v) is 11.6. The van der Waals surface area contributed by atoms with Gasteiger partial charge in [0.2, 0.25) is 0 Å². The van der Waals surface area contributed by atoms with Gasteiger partial charge in [-0.15, -0.1) is 0 Å². The van der Waals surface area contributed by atoms with Crippen LogP contribution < -0.4 is 5.56 Å². The summed E-state index contributed by atoms with van der Waals surface area (Å²) in [5.41, 5.74) is 1.74. The Morgan fingerprint density at radius 1 is 0.727 bits per heavy atom. The number of hydrogen-bond donors (Lipinski definition) is 1. The van der Waals surface area contributed by atoms with Crippen molar-refractivity contribution in [3.63, 3.8) is 0 Å². The van der Waals surface area contributed by atoms with Gasteiger partial charge in [0, 0.05) is 21.5 Å². The second-order valence-electron chi connectivity index (χ2n) is 5.59. The molecule has 0 spiro atoms. The molecule has 0 amide bonds. The molecule has 3 heteroatoms. The summed E-state index contributed by atoms with van der Waals surface area (Å²) in [4.78, 5) is 13.0. The molecule has 0 saturated heterocycles. The summed E-state index contributed by atoms with van der Waals surface area (Å²) in [5, 5.41) is 14.4. The highest BCUT2D eigenvalue weighted by molar-refractivity contribution is 6.20. The minimum Gasteiger partial charge on any atom is -0.508 e. The van der Waals surface area contributed by atoms with E-state index in [-0.39, 0.29) is 11.3 Å². The quantitative estimate of drug-likeness (QED) is 0.438. The minimum atomic E-state index is -0.0139. The number of pyridine rings is 1. The number of aromatic hydroxyl groups is 1. The molecule has 3 nitrogen and oxygen atoms in total. The predicted octanol–water partition coefficient (Wildman–Crippen LogP) is 3.90. The number of hydrogen-bond acceptors (Lipinski definition) is 2. The normalized spacial score (nSPS) is 12.0. The molecule has 104 valence electrons. The number of phenols is 1. The van der Waals surface area contributed by atoms with E-state index in [0.717, 1.165) is 32.6 Å². The first kappa shape index (κ1) is 11.6. The zero-order chi connectivity index (χ0) is 14.8. The number of phenolic OH excluding ortho intramolecular Hbond substituents is 1. The lowest BCUT2D eigenvalue weighted by molar-refractivity contribution is 0.476. The Bertz CT molecular complexity index is 1250. The summed E-state index contributed by atoms with van der Waals surface area (Å²) in [6.45, 7) is 0. The fraction of sp³-hybridized carbons (Fsp3) is 0. The van der Waals surface area contributed by atoms with Crippen LogP contribution in [0, 0.1) is 0 Å². The van der Waals surface area contributed by atoms with Crippen molar-refractivity contribution < 1.29 is 5.11 Å². The van der Waals surface area contributed by atoms with Crippen LogP contribution in [0.3, 0.4) is 0 Å². The van der Waals surface area contributed by atoms with Crippen molar-refractivity contribution in [2.75, 3.05) is 0 Å². The third-order valence-electron chi connectivity index (χ3n) is 4.42. The van der Waals surface area contributed by atoms with Crippen LogP contribution >= 0.6 is 0 Å². The number of rotatable bonds is 0. The van der Waals surface area contributed by atoms with E-state index in [9.17, 15) is 9.90 Å². The van der Waals surface area contributed by atoms with Crippen LogP contribution in [0.2, 0.25) is 0 Å². The van der Waals surface area contributed by atoms with Crippen molar-refractivity contribution in [3.05, 3.63) is 71.0 Å². The van der Waals surface area contributed by atoms with Gasteiger partial charge in [0.1, 0.15) is 5.75 Å². The summed E-state index contributed by atoms with van der Waals surface area (Å²) in [6, 6.07) is 18.9. The Kier molecular flexibility index (Phi) is 1.98. The van der Waals surface area contributed by atoms with Gasteiger partial charge in [0.05, 0.1) is 11.0 Å². The Balaban J connectivity index is 2.29. The smallest absolute Gasteiger partial charge is 0.263 e. The van der Waals surface area contributed by atoms with Gasteiger partial charge in [-0.1, -0.05) is 36.4 Å². The molecule has 0 radical (unpaired) electrons. The molecule has 2 aromatic heterocycles. The van der Waals surface area contributed by atoms with Crippen molar-refractivity contribution >= 4 is 38.0 Å². The van der Waals surface area contributed by atoms with Gasteiger partial charge < -0.3 is 5.11 Å². The van der Waals surface area contributed by atoms with Gasteiger partial charge in [-0.2, -0.15) is 0 Å². The van der Waals surface area contributed by atoms with Gasteiger partial charge in [0.15, 0.2) is 0 Å². The topological polar surface area (TPSA) is 41.7 Å². The van der Waals surface area contributed by atoms with Crippen LogP contribution in [0.25, 0.3) is 38.0 Å². The molecule has 0 fully saturated rings. The first-order valence-corrected chi connectivity index (χ1v) is 7.16. The minimum absolute atomic E-state index is 0.0139. The monoisotopic (exact) mass is 285 g/mol. The zero-order valence-electron chi connectivity index (χ0n) is 11.6. The molecular weight excluding hydrogens is 274 g/mol. The van der Waals surface area contributed by atoms with Gasteiger partial charge in [-0.05, 0) is 29.7 Å². The van der Waals surface area contributed by atoms with Crippen molar-refractivity contribution in [3.8, 4) is 5.75 Å². The van der Waals surface area contributed by atoms with E-state index in [1.54, 1.807) is 22.6 Å². The number of fused-ring (bicyclic) bond motifs is 5.